The average molecular weight is 471 g/mol. The van der Waals surface area contributed by atoms with Crippen molar-refractivity contribution in [2.24, 2.45) is 0 Å². The highest BCUT2D eigenvalue weighted by Gasteiger charge is 2.27. The number of halogens is 1. The Labute approximate surface area is 201 Å². The van der Waals surface area contributed by atoms with Crippen molar-refractivity contribution in [3.05, 3.63) is 106 Å². The van der Waals surface area contributed by atoms with Gasteiger partial charge in [0.2, 0.25) is 5.91 Å². The van der Waals surface area contributed by atoms with Crippen LogP contribution in [0.1, 0.15) is 16.1 Å². The fourth-order valence-electron chi connectivity index (χ4n) is 4.29. The van der Waals surface area contributed by atoms with E-state index in [0.717, 1.165) is 5.56 Å². The molecule has 0 N–H and O–H groups in total. The first-order valence-electron chi connectivity index (χ1n) is 11.4. The molecule has 1 aromatic heterocycles. The number of hydrogen-bond donors (Lipinski definition) is 0. The minimum Gasteiger partial charge on any atom is -0.339 e. The van der Waals surface area contributed by atoms with Crippen LogP contribution in [0.2, 0.25) is 0 Å². The topological polar surface area (TPSA) is 75.5 Å². The monoisotopic (exact) mass is 470 g/mol. The number of nitrogens with zero attached hydrogens (tertiary/aromatic N) is 4. The summed E-state index contributed by atoms with van der Waals surface area (Å²) in [5.74, 6) is -0.686. The summed E-state index contributed by atoms with van der Waals surface area (Å²) in [7, 11) is 0. The fraction of sp³-hybridized carbons (Fsp3) is 0.185. The van der Waals surface area contributed by atoms with Gasteiger partial charge in [-0.25, -0.2) is 4.39 Å². The largest absolute Gasteiger partial charge is 0.339 e. The lowest BCUT2D eigenvalue weighted by Crippen LogP contribution is -2.51. The molecule has 8 heteroatoms. The Morgan fingerprint density at radius 3 is 2.06 bits per heavy atom. The van der Waals surface area contributed by atoms with Crippen LogP contribution in [0, 0.1) is 5.82 Å². The molecule has 3 aromatic carbocycles. The summed E-state index contributed by atoms with van der Waals surface area (Å²) >= 11 is 0. The van der Waals surface area contributed by atoms with Gasteiger partial charge in [0, 0.05) is 31.6 Å². The Morgan fingerprint density at radius 2 is 1.37 bits per heavy atom. The molecular formula is C27H23FN4O3. The first kappa shape index (κ1) is 22.5. The fourth-order valence-corrected chi connectivity index (χ4v) is 4.29. The molecule has 7 nitrogen and oxygen atoms in total. The Bertz CT molecular complexity index is 1440. The SMILES string of the molecule is O=C(Cc1ccc(F)cc1)N1CCN(C(=O)c2nn(-c3ccccc3)c(=O)c3ccccc23)CC1. The van der Waals surface area contributed by atoms with Crippen molar-refractivity contribution in [3.8, 4) is 5.69 Å². The van der Waals surface area contributed by atoms with Gasteiger partial charge in [-0.1, -0.05) is 48.5 Å². The molecule has 2 amide bonds. The molecule has 0 unspecified atom stereocenters. The molecule has 0 spiro atoms. The van der Waals surface area contributed by atoms with Gasteiger partial charge in [-0.15, -0.1) is 0 Å². The number of carbonyl (C=O) groups excluding carboxylic acids is 2. The molecule has 0 radical (unpaired) electrons. The maximum absolute atomic E-state index is 13.5. The van der Waals surface area contributed by atoms with Crippen molar-refractivity contribution in [1.29, 1.82) is 0 Å². The lowest BCUT2D eigenvalue weighted by Gasteiger charge is -2.34. The molecule has 0 saturated carbocycles. The average Bonchev–Trinajstić information content (AvgIpc) is 2.90. The van der Waals surface area contributed by atoms with E-state index in [4.69, 9.17) is 0 Å². The van der Waals surface area contributed by atoms with E-state index in [1.807, 2.05) is 18.2 Å². The number of para-hydroxylation sites is 1. The van der Waals surface area contributed by atoms with Crippen LogP contribution in [0.25, 0.3) is 16.5 Å². The molecule has 1 saturated heterocycles. The number of carbonyl (C=O) groups is 2. The summed E-state index contributed by atoms with van der Waals surface area (Å²) in [5.41, 5.74) is 1.23. The van der Waals surface area contributed by atoms with Crippen molar-refractivity contribution >= 4 is 22.6 Å². The van der Waals surface area contributed by atoms with E-state index in [-0.39, 0.29) is 35.3 Å². The molecule has 1 fully saturated rings. The van der Waals surface area contributed by atoms with Gasteiger partial charge in [-0.3, -0.25) is 14.4 Å². The molecule has 0 bridgehead atoms. The molecule has 5 rings (SSSR count). The van der Waals surface area contributed by atoms with Crippen molar-refractivity contribution in [2.75, 3.05) is 26.2 Å². The van der Waals surface area contributed by atoms with Gasteiger partial charge in [-0.05, 0) is 35.9 Å². The zero-order valence-corrected chi connectivity index (χ0v) is 18.9. The lowest BCUT2D eigenvalue weighted by molar-refractivity contribution is -0.131. The van der Waals surface area contributed by atoms with Crippen LogP contribution in [0.3, 0.4) is 0 Å². The van der Waals surface area contributed by atoms with Crippen molar-refractivity contribution in [2.45, 2.75) is 6.42 Å². The molecule has 35 heavy (non-hydrogen) atoms. The predicted molar refractivity (Wildman–Crippen MR) is 130 cm³/mol. The van der Waals surface area contributed by atoms with Crippen LogP contribution in [0.5, 0.6) is 0 Å². The maximum atomic E-state index is 13.5. The van der Waals surface area contributed by atoms with Crippen LogP contribution in [-0.2, 0) is 11.2 Å². The minimum atomic E-state index is -0.340. The standard InChI is InChI=1S/C27H23FN4O3/c28-20-12-10-19(11-13-20)18-24(33)30-14-16-31(17-15-30)27(35)25-22-8-4-5-9-23(22)26(34)32(29-25)21-6-2-1-3-7-21/h1-13H,14-18H2. The summed E-state index contributed by atoms with van der Waals surface area (Å²) < 4.78 is 14.4. The highest BCUT2D eigenvalue weighted by atomic mass is 19.1. The second-order valence-corrected chi connectivity index (χ2v) is 8.42. The van der Waals surface area contributed by atoms with E-state index < -0.39 is 0 Å². The molecule has 4 aromatic rings. The van der Waals surface area contributed by atoms with E-state index >= 15 is 0 Å². The molecule has 1 aliphatic rings. The van der Waals surface area contributed by atoms with Crippen LogP contribution in [0.15, 0.2) is 83.7 Å². The quantitative estimate of drug-likeness (QED) is 0.460. The second kappa shape index (κ2) is 9.50. The van der Waals surface area contributed by atoms with Crippen LogP contribution in [-0.4, -0.2) is 57.6 Å². The highest BCUT2D eigenvalue weighted by Crippen LogP contribution is 2.18. The third-order valence-electron chi connectivity index (χ3n) is 6.20. The van der Waals surface area contributed by atoms with Gasteiger partial charge in [0.15, 0.2) is 5.69 Å². The molecular weight excluding hydrogens is 447 g/mol. The predicted octanol–water partition coefficient (Wildman–Crippen LogP) is 3.05. The third-order valence-corrected chi connectivity index (χ3v) is 6.20. The number of amides is 2. The summed E-state index contributed by atoms with van der Waals surface area (Å²) in [6, 6.07) is 21.8. The van der Waals surface area contributed by atoms with Crippen LogP contribution >= 0.6 is 0 Å². The highest BCUT2D eigenvalue weighted by molar-refractivity contribution is 6.05. The van der Waals surface area contributed by atoms with E-state index in [1.165, 1.54) is 16.8 Å². The molecule has 0 aliphatic carbocycles. The maximum Gasteiger partial charge on any atom is 0.279 e. The Morgan fingerprint density at radius 1 is 0.771 bits per heavy atom. The van der Waals surface area contributed by atoms with Gasteiger partial charge in [0.1, 0.15) is 5.82 Å². The summed E-state index contributed by atoms with van der Waals surface area (Å²) in [4.78, 5) is 42.7. The lowest BCUT2D eigenvalue weighted by atomic mass is 10.1. The number of fused-ring (bicyclic) bond motifs is 1. The zero-order chi connectivity index (χ0) is 24.4. The van der Waals surface area contributed by atoms with Crippen LogP contribution in [0.4, 0.5) is 4.39 Å². The Kier molecular flexibility index (Phi) is 6.10. The summed E-state index contributed by atoms with van der Waals surface area (Å²) in [6.07, 6.45) is 0.183. The smallest absolute Gasteiger partial charge is 0.279 e. The van der Waals surface area contributed by atoms with E-state index in [9.17, 15) is 18.8 Å². The first-order valence-corrected chi connectivity index (χ1v) is 11.4. The number of piperazine rings is 1. The summed E-state index contributed by atoms with van der Waals surface area (Å²) in [6.45, 7) is 1.49. The number of aromatic nitrogens is 2. The summed E-state index contributed by atoms with van der Waals surface area (Å²) in [5, 5.41) is 5.39. The van der Waals surface area contributed by atoms with Gasteiger partial charge in [-0.2, -0.15) is 9.78 Å². The molecule has 2 heterocycles. The second-order valence-electron chi connectivity index (χ2n) is 8.42. The van der Waals surface area contributed by atoms with Gasteiger partial charge in [0.05, 0.1) is 17.5 Å². The van der Waals surface area contributed by atoms with Crippen molar-refractivity contribution in [3.63, 3.8) is 0 Å². The first-order chi connectivity index (χ1) is 17.0. The van der Waals surface area contributed by atoms with E-state index in [1.54, 1.807) is 58.3 Å². The number of hydrogen-bond acceptors (Lipinski definition) is 4. The number of rotatable bonds is 4. The Hall–Kier alpha value is -4.33. The molecule has 0 atom stereocenters. The van der Waals surface area contributed by atoms with Crippen molar-refractivity contribution < 1.29 is 14.0 Å². The van der Waals surface area contributed by atoms with E-state index in [2.05, 4.69) is 5.10 Å². The van der Waals surface area contributed by atoms with Gasteiger partial charge < -0.3 is 9.80 Å². The third kappa shape index (κ3) is 4.55. The number of benzene rings is 3. The van der Waals surface area contributed by atoms with Gasteiger partial charge >= 0.3 is 0 Å². The normalized spacial score (nSPS) is 13.7. The van der Waals surface area contributed by atoms with Crippen molar-refractivity contribution in [1.82, 2.24) is 19.6 Å². The van der Waals surface area contributed by atoms with Gasteiger partial charge in [0.25, 0.3) is 11.5 Å². The van der Waals surface area contributed by atoms with Crippen LogP contribution < -0.4 is 5.56 Å². The molecule has 176 valence electrons. The molecule has 1 aliphatic heterocycles. The van der Waals surface area contributed by atoms with E-state index in [0.29, 0.717) is 42.6 Å². The minimum absolute atomic E-state index is 0.0649. The zero-order valence-electron chi connectivity index (χ0n) is 18.9. The Balaban J connectivity index is 1.36.